The fourth-order valence-corrected chi connectivity index (χ4v) is 2.71. The van der Waals surface area contributed by atoms with E-state index in [4.69, 9.17) is 9.47 Å². The van der Waals surface area contributed by atoms with Crippen LogP contribution in [0.5, 0.6) is 11.5 Å². The lowest BCUT2D eigenvalue weighted by Gasteiger charge is -2.09. The van der Waals surface area contributed by atoms with Gasteiger partial charge in [-0.25, -0.2) is 9.18 Å². The second kappa shape index (κ2) is 8.97. The van der Waals surface area contributed by atoms with Crippen LogP contribution < -0.4 is 9.47 Å². The van der Waals surface area contributed by atoms with E-state index in [1.807, 2.05) is 6.07 Å². The molecule has 0 N–H and O–H groups in total. The molecule has 0 aliphatic carbocycles. The van der Waals surface area contributed by atoms with E-state index in [0.29, 0.717) is 28.2 Å². The number of hydrogen-bond donors (Lipinski definition) is 0. The number of esters is 2. The van der Waals surface area contributed by atoms with Crippen molar-refractivity contribution in [2.24, 2.45) is 0 Å². The fraction of sp³-hybridized carbons (Fsp3) is 0.0833. The molecule has 3 aromatic carbocycles. The summed E-state index contributed by atoms with van der Waals surface area (Å²) in [4.78, 5) is 22.6. The summed E-state index contributed by atoms with van der Waals surface area (Å²) < 4.78 is 24.9. The maximum atomic E-state index is 14.7. The van der Waals surface area contributed by atoms with Crippen molar-refractivity contribution in [1.29, 1.82) is 0 Å². The molecule has 0 atom stereocenters. The zero-order valence-electron chi connectivity index (χ0n) is 15.9. The first kappa shape index (κ1) is 20.0. The molecule has 0 fully saturated rings. The molecule has 0 aliphatic heterocycles. The van der Waals surface area contributed by atoms with Crippen LogP contribution in [0, 0.1) is 5.82 Å². The summed E-state index contributed by atoms with van der Waals surface area (Å²) in [6.45, 7) is 5.07. The smallest absolute Gasteiger partial charge is 0.335 e. The Balaban J connectivity index is 1.79. The first-order chi connectivity index (χ1) is 14.0. The average molecular weight is 390 g/mol. The number of halogens is 1. The van der Waals surface area contributed by atoms with E-state index in [2.05, 4.69) is 6.58 Å². The Morgan fingerprint density at radius 3 is 1.97 bits per heavy atom. The predicted molar refractivity (Wildman–Crippen MR) is 109 cm³/mol. The largest absolute Gasteiger partial charge is 0.427 e. The Morgan fingerprint density at radius 2 is 1.41 bits per heavy atom. The first-order valence-electron chi connectivity index (χ1n) is 9.05. The van der Waals surface area contributed by atoms with Crippen LogP contribution in [0.3, 0.4) is 0 Å². The van der Waals surface area contributed by atoms with Gasteiger partial charge in [0.05, 0.1) is 0 Å². The molecule has 29 heavy (non-hydrogen) atoms. The van der Waals surface area contributed by atoms with Crippen molar-refractivity contribution in [3.8, 4) is 33.8 Å². The minimum atomic E-state index is -0.538. The summed E-state index contributed by atoms with van der Waals surface area (Å²) >= 11 is 0. The lowest BCUT2D eigenvalue weighted by Crippen LogP contribution is -2.05. The molecule has 0 heterocycles. The molecule has 0 amide bonds. The molecule has 0 aromatic heterocycles. The number of carbonyl (C=O) groups excluding carboxylic acids is 2. The third-order valence-electron chi connectivity index (χ3n) is 4.23. The molecular weight excluding hydrogens is 371 g/mol. The van der Waals surface area contributed by atoms with E-state index in [-0.39, 0.29) is 18.2 Å². The number of benzene rings is 3. The van der Waals surface area contributed by atoms with Gasteiger partial charge in [0.25, 0.3) is 0 Å². The predicted octanol–water partition coefficient (Wildman–Crippen LogP) is 5.57. The van der Waals surface area contributed by atoms with Gasteiger partial charge in [-0.2, -0.15) is 0 Å². The van der Waals surface area contributed by atoms with E-state index >= 15 is 0 Å². The van der Waals surface area contributed by atoms with Gasteiger partial charge in [-0.05, 0) is 47.0 Å². The molecule has 0 unspecified atom stereocenters. The summed E-state index contributed by atoms with van der Waals surface area (Å²) in [5.41, 5.74) is 2.60. The van der Waals surface area contributed by atoms with Gasteiger partial charge < -0.3 is 9.47 Å². The molecule has 4 nitrogen and oxygen atoms in total. The van der Waals surface area contributed by atoms with E-state index in [0.717, 1.165) is 11.6 Å². The van der Waals surface area contributed by atoms with Crippen molar-refractivity contribution in [3.63, 3.8) is 0 Å². The lowest BCUT2D eigenvalue weighted by atomic mass is 9.99. The average Bonchev–Trinajstić information content (AvgIpc) is 2.74. The van der Waals surface area contributed by atoms with Crippen LogP contribution in [0.4, 0.5) is 4.39 Å². The second-order valence-electron chi connectivity index (χ2n) is 6.20. The second-order valence-corrected chi connectivity index (χ2v) is 6.20. The van der Waals surface area contributed by atoms with Crippen LogP contribution in [0.15, 0.2) is 79.4 Å². The zero-order chi connectivity index (χ0) is 20.8. The molecule has 146 valence electrons. The zero-order valence-corrected chi connectivity index (χ0v) is 15.9. The van der Waals surface area contributed by atoms with Crippen molar-refractivity contribution in [1.82, 2.24) is 0 Å². The van der Waals surface area contributed by atoms with Gasteiger partial charge in [-0.3, -0.25) is 4.79 Å². The van der Waals surface area contributed by atoms with Gasteiger partial charge >= 0.3 is 11.9 Å². The monoisotopic (exact) mass is 390 g/mol. The molecule has 3 aromatic rings. The van der Waals surface area contributed by atoms with Gasteiger partial charge in [-0.1, -0.05) is 49.9 Å². The highest BCUT2D eigenvalue weighted by molar-refractivity contribution is 5.83. The Bertz CT molecular complexity index is 1040. The van der Waals surface area contributed by atoms with E-state index in [1.165, 1.54) is 6.07 Å². The van der Waals surface area contributed by atoms with Gasteiger partial charge in [0.2, 0.25) is 0 Å². The third kappa shape index (κ3) is 4.96. The molecule has 0 saturated heterocycles. The van der Waals surface area contributed by atoms with Crippen LogP contribution in [0.1, 0.15) is 13.3 Å². The van der Waals surface area contributed by atoms with Crippen molar-refractivity contribution in [3.05, 3.63) is 85.2 Å². The Hall–Kier alpha value is -3.73. The maximum absolute atomic E-state index is 14.7. The summed E-state index contributed by atoms with van der Waals surface area (Å²) in [6.07, 6.45) is 1.37. The Morgan fingerprint density at radius 1 is 0.862 bits per heavy atom. The SMILES string of the molecule is C=CC(=O)Oc1ccc(-c2ccc(-c3ccc(OC(=O)CC)cc3)c(F)c2)cc1. The highest BCUT2D eigenvalue weighted by Gasteiger charge is 2.09. The summed E-state index contributed by atoms with van der Waals surface area (Å²) in [6, 6.07) is 18.4. The van der Waals surface area contributed by atoms with Gasteiger partial charge in [-0.15, -0.1) is 0 Å². The van der Waals surface area contributed by atoms with Crippen LogP contribution in [0.25, 0.3) is 22.3 Å². The number of ether oxygens (including phenoxy) is 2. The van der Waals surface area contributed by atoms with Gasteiger partial charge in [0.1, 0.15) is 17.3 Å². The number of hydrogen-bond acceptors (Lipinski definition) is 4. The van der Waals surface area contributed by atoms with E-state index in [9.17, 15) is 14.0 Å². The van der Waals surface area contributed by atoms with Crippen molar-refractivity contribution in [2.45, 2.75) is 13.3 Å². The first-order valence-corrected chi connectivity index (χ1v) is 9.05. The normalized spacial score (nSPS) is 10.3. The topological polar surface area (TPSA) is 52.6 Å². The Labute approximate surface area is 168 Å². The number of rotatable bonds is 6. The van der Waals surface area contributed by atoms with Gasteiger partial charge in [0, 0.05) is 18.1 Å². The number of carbonyl (C=O) groups is 2. The van der Waals surface area contributed by atoms with Crippen LogP contribution in [-0.2, 0) is 9.59 Å². The summed E-state index contributed by atoms with van der Waals surface area (Å²) in [5, 5.41) is 0. The van der Waals surface area contributed by atoms with Crippen LogP contribution in [0.2, 0.25) is 0 Å². The standard InChI is InChI=1S/C24H19FO4/c1-3-23(26)28-19-10-5-16(6-11-19)18-9-14-21(22(25)15-18)17-7-12-20(13-8-17)29-24(27)4-2/h3,5-15H,1,4H2,2H3. The molecule has 0 aliphatic rings. The summed E-state index contributed by atoms with van der Waals surface area (Å²) in [5.74, 6) is -0.417. The molecule has 0 radical (unpaired) electrons. The minimum absolute atomic E-state index is 0.287. The van der Waals surface area contributed by atoms with Crippen LogP contribution in [-0.4, -0.2) is 11.9 Å². The molecule has 0 saturated carbocycles. The van der Waals surface area contributed by atoms with Gasteiger partial charge in [0.15, 0.2) is 0 Å². The van der Waals surface area contributed by atoms with Crippen LogP contribution >= 0.6 is 0 Å². The highest BCUT2D eigenvalue weighted by Crippen LogP contribution is 2.30. The molecule has 0 bridgehead atoms. The van der Waals surface area contributed by atoms with Crippen molar-refractivity contribution >= 4 is 11.9 Å². The minimum Gasteiger partial charge on any atom is -0.427 e. The molecule has 5 heteroatoms. The summed E-state index contributed by atoms with van der Waals surface area (Å²) in [7, 11) is 0. The lowest BCUT2D eigenvalue weighted by molar-refractivity contribution is -0.134. The molecule has 0 spiro atoms. The molecule has 3 rings (SSSR count). The Kier molecular flexibility index (Phi) is 6.19. The fourth-order valence-electron chi connectivity index (χ4n) is 2.71. The third-order valence-corrected chi connectivity index (χ3v) is 4.23. The van der Waals surface area contributed by atoms with E-state index < -0.39 is 5.97 Å². The van der Waals surface area contributed by atoms with E-state index in [1.54, 1.807) is 61.5 Å². The quantitative estimate of drug-likeness (QED) is 0.314. The highest BCUT2D eigenvalue weighted by atomic mass is 19.1. The van der Waals surface area contributed by atoms with Crippen molar-refractivity contribution < 1.29 is 23.5 Å². The molecular formula is C24H19FO4. The maximum Gasteiger partial charge on any atom is 0.335 e. The van der Waals surface area contributed by atoms with Crippen molar-refractivity contribution in [2.75, 3.05) is 0 Å².